The Balaban J connectivity index is 2.00. The van der Waals surface area contributed by atoms with Crippen molar-refractivity contribution in [1.29, 1.82) is 0 Å². The Morgan fingerprint density at radius 3 is 2.27 bits per heavy atom. The summed E-state index contributed by atoms with van der Waals surface area (Å²) >= 11 is 4.27. The van der Waals surface area contributed by atoms with E-state index in [0.29, 0.717) is 18.4 Å². The fourth-order valence-corrected chi connectivity index (χ4v) is 2.68. The lowest BCUT2D eigenvalue weighted by Crippen LogP contribution is -2.39. The Bertz CT molecular complexity index is 283. The summed E-state index contributed by atoms with van der Waals surface area (Å²) in [5, 5.41) is 0. The van der Waals surface area contributed by atoms with E-state index in [-0.39, 0.29) is 23.7 Å². The molecular weight excluding hydrogens is 210 g/mol. The maximum atomic E-state index is 11.7. The van der Waals surface area contributed by atoms with Gasteiger partial charge in [-0.15, -0.1) is 0 Å². The van der Waals surface area contributed by atoms with Crippen molar-refractivity contribution in [3.05, 3.63) is 0 Å². The van der Waals surface area contributed by atoms with Crippen LogP contribution in [0.4, 0.5) is 0 Å². The highest BCUT2D eigenvalue weighted by Gasteiger charge is 2.58. The van der Waals surface area contributed by atoms with Gasteiger partial charge in [-0.05, 0) is 24.0 Å². The molecule has 3 atom stereocenters. The van der Waals surface area contributed by atoms with Crippen LogP contribution in [0.3, 0.4) is 0 Å². The fraction of sp³-hybridized carbons (Fsp3) is 0.818. The first-order chi connectivity index (χ1) is 7.06. The molecule has 0 radical (unpaired) electrons. The van der Waals surface area contributed by atoms with Gasteiger partial charge in [0.15, 0.2) is 0 Å². The van der Waals surface area contributed by atoms with Crippen LogP contribution in [0.25, 0.3) is 0 Å². The van der Waals surface area contributed by atoms with Gasteiger partial charge in [0.25, 0.3) is 0 Å². The van der Waals surface area contributed by atoms with E-state index < -0.39 is 0 Å². The summed E-state index contributed by atoms with van der Waals surface area (Å²) in [5.41, 5.74) is 0. The number of likely N-dealkylation sites (tertiary alicyclic amines) is 1. The molecule has 2 rings (SSSR count). The molecule has 2 amide bonds. The van der Waals surface area contributed by atoms with Crippen LogP contribution in [0.5, 0.6) is 0 Å². The average Bonchev–Trinajstić information content (AvgIpc) is 2.92. The van der Waals surface area contributed by atoms with E-state index in [1.807, 2.05) is 0 Å². The van der Waals surface area contributed by atoms with E-state index in [1.165, 1.54) is 4.90 Å². The zero-order valence-electron chi connectivity index (χ0n) is 9.14. The highest BCUT2D eigenvalue weighted by atomic mass is 32.1. The first kappa shape index (κ1) is 11.0. The highest BCUT2D eigenvalue weighted by Crippen LogP contribution is 2.47. The molecule has 15 heavy (non-hydrogen) atoms. The van der Waals surface area contributed by atoms with Gasteiger partial charge in [0, 0.05) is 6.54 Å². The summed E-state index contributed by atoms with van der Waals surface area (Å²) in [6.07, 6.45) is 0.793. The number of rotatable bonds is 4. The molecule has 1 saturated heterocycles. The van der Waals surface area contributed by atoms with Crippen molar-refractivity contribution in [2.24, 2.45) is 23.7 Å². The zero-order valence-corrected chi connectivity index (χ0v) is 10.0. The van der Waals surface area contributed by atoms with Gasteiger partial charge in [-0.3, -0.25) is 14.5 Å². The third-order valence-electron chi connectivity index (χ3n) is 3.55. The third kappa shape index (κ3) is 1.80. The molecule has 3 nitrogen and oxygen atoms in total. The smallest absolute Gasteiger partial charge is 0.233 e. The van der Waals surface area contributed by atoms with Gasteiger partial charge in [0.1, 0.15) is 0 Å². The summed E-state index contributed by atoms with van der Waals surface area (Å²) in [7, 11) is 0. The first-order valence-corrected chi connectivity index (χ1v) is 6.15. The molecule has 0 aromatic heterocycles. The number of imide groups is 1. The van der Waals surface area contributed by atoms with E-state index >= 15 is 0 Å². The second-order valence-corrected chi connectivity index (χ2v) is 5.29. The summed E-state index contributed by atoms with van der Waals surface area (Å²) < 4.78 is 0. The quantitative estimate of drug-likeness (QED) is 0.579. The molecule has 1 aliphatic heterocycles. The number of piperidine rings is 1. The van der Waals surface area contributed by atoms with Gasteiger partial charge in [0.2, 0.25) is 11.8 Å². The van der Waals surface area contributed by atoms with Crippen LogP contribution in [0.1, 0.15) is 20.3 Å². The number of carbonyl (C=O) groups is 2. The van der Waals surface area contributed by atoms with Crippen molar-refractivity contribution in [3.63, 3.8) is 0 Å². The number of hydrogen-bond donors (Lipinski definition) is 1. The van der Waals surface area contributed by atoms with Crippen LogP contribution in [-0.2, 0) is 9.59 Å². The summed E-state index contributed by atoms with van der Waals surface area (Å²) in [6.45, 7) is 4.77. The van der Waals surface area contributed by atoms with Crippen LogP contribution >= 0.6 is 12.6 Å². The topological polar surface area (TPSA) is 37.4 Å². The van der Waals surface area contributed by atoms with Crippen LogP contribution in [0.2, 0.25) is 0 Å². The standard InChI is InChI=1S/C11H17NO2S/c1-6(2)7(5-15)4-12-10(13)8-3-9(8)11(12)14/h6-9,15H,3-5H2,1-2H3. The lowest BCUT2D eigenvalue weighted by atomic mass is 9.97. The molecular formula is C11H17NO2S. The number of fused-ring (bicyclic) bond motifs is 1. The van der Waals surface area contributed by atoms with Crippen molar-refractivity contribution >= 4 is 24.4 Å². The molecule has 4 heteroatoms. The average molecular weight is 227 g/mol. The Hall–Kier alpha value is -0.510. The lowest BCUT2D eigenvalue weighted by molar-refractivity contribution is -0.142. The maximum absolute atomic E-state index is 11.7. The molecule has 1 aliphatic carbocycles. The van der Waals surface area contributed by atoms with Crippen LogP contribution in [0, 0.1) is 23.7 Å². The molecule has 0 aromatic carbocycles. The van der Waals surface area contributed by atoms with Gasteiger partial charge in [-0.25, -0.2) is 0 Å². The maximum Gasteiger partial charge on any atom is 0.233 e. The van der Waals surface area contributed by atoms with Gasteiger partial charge < -0.3 is 0 Å². The number of hydrogen-bond acceptors (Lipinski definition) is 3. The molecule has 1 saturated carbocycles. The molecule has 84 valence electrons. The fourth-order valence-electron chi connectivity index (χ4n) is 2.14. The lowest BCUT2D eigenvalue weighted by Gasteiger charge is -2.25. The summed E-state index contributed by atoms with van der Waals surface area (Å²) in [4.78, 5) is 24.9. The minimum absolute atomic E-state index is 0.0326. The largest absolute Gasteiger partial charge is 0.282 e. The van der Waals surface area contributed by atoms with E-state index in [2.05, 4.69) is 26.5 Å². The first-order valence-electron chi connectivity index (χ1n) is 5.52. The van der Waals surface area contributed by atoms with Gasteiger partial charge in [-0.1, -0.05) is 13.8 Å². The van der Waals surface area contributed by atoms with Crippen LogP contribution in [0.15, 0.2) is 0 Å². The molecule has 3 unspecified atom stereocenters. The van der Waals surface area contributed by atoms with Gasteiger partial charge in [-0.2, -0.15) is 12.6 Å². The second-order valence-electron chi connectivity index (χ2n) is 4.92. The number of carbonyl (C=O) groups excluding carboxylic acids is 2. The van der Waals surface area contributed by atoms with Gasteiger partial charge in [0.05, 0.1) is 11.8 Å². The normalized spacial score (nSPS) is 31.1. The van der Waals surface area contributed by atoms with E-state index in [1.54, 1.807) is 0 Å². The molecule has 2 fully saturated rings. The predicted molar refractivity (Wildman–Crippen MR) is 60.5 cm³/mol. The number of thiol groups is 1. The SMILES string of the molecule is CC(C)C(CS)CN1C(=O)C2CC2C1=O. The minimum Gasteiger partial charge on any atom is -0.282 e. The Morgan fingerprint density at radius 1 is 1.33 bits per heavy atom. The third-order valence-corrected chi connectivity index (χ3v) is 4.02. The zero-order chi connectivity index (χ0) is 11.2. The Kier molecular flexibility index (Phi) is 2.79. The Labute approximate surface area is 95.6 Å². The van der Waals surface area contributed by atoms with E-state index in [0.717, 1.165) is 12.2 Å². The Morgan fingerprint density at radius 2 is 1.87 bits per heavy atom. The second kappa shape index (κ2) is 3.81. The molecule has 0 aromatic rings. The van der Waals surface area contributed by atoms with Crippen molar-refractivity contribution in [2.45, 2.75) is 20.3 Å². The van der Waals surface area contributed by atoms with E-state index in [9.17, 15) is 9.59 Å². The van der Waals surface area contributed by atoms with Crippen LogP contribution in [-0.4, -0.2) is 29.0 Å². The molecule has 0 N–H and O–H groups in total. The van der Waals surface area contributed by atoms with Crippen molar-refractivity contribution in [3.8, 4) is 0 Å². The van der Waals surface area contributed by atoms with E-state index in [4.69, 9.17) is 0 Å². The van der Waals surface area contributed by atoms with Crippen molar-refractivity contribution in [2.75, 3.05) is 12.3 Å². The number of nitrogens with zero attached hydrogens (tertiary/aromatic N) is 1. The molecule has 0 bridgehead atoms. The van der Waals surface area contributed by atoms with Gasteiger partial charge >= 0.3 is 0 Å². The molecule has 0 spiro atoms. The minimum atomic E-state index is 0.0326. The predicted octanol–water partition coefficient (Wildman–Crippen LogP) is 1.19. The van der Waals surface area contributed by atoms with Crippen molar-refractivity contribution < 1.29 is 9.59 Å². The molecule has 1 heterocycles. The monoisotopic (exact) mass is 227 g/mol. The van der Waals surface area contributed by atoms with Crippen LogP contribution < -0.4 is 0 Å². The summed E-state index contributed by atoms with van der Waals surface area (Å²) in [5.74, 6) is 1.67. The molecule has 2 aliphatic rings. The van der Waals surface area contributed by atoms with Crippen molar-refractivity contribution in [1.82, 2.24) is 4.90 Å². The summed E-state index contributed by atoms with van der Waals surface area (Å²) in [6, 6.07) is 0. The highest BCUT2D eigenvalue weighted by molar-refractivity contribution is 7.80. The number of amides is 2.